The van der Waals surface area contributed by atoms with E-state index in [1.54, 1.807) is 4.90 Å². The standard InChI is InChI=1S/C28H26N4O2/c1-18-14-15-23(16-19(18)2)25-24(27-30-26(31-34-27)22-12-8-5-9-13-22)20(3)32(28(33)29-25)17-21-10-6-4-7-11-21/h4-16,25H,17H2,1-3H3,(H,29,33). The Balaban J connectivity index is 1.61. The van der Waals surface area contributed by atoms with Crippen LogP contribution in [0.5, 0.6) is 0 Å². The maximum absolute atomic E-state index is 13.3. The number of hydrogen-bond acceptors (Lipinski definition) is 4. The van der Waals surface area contributed by atoms with Gasteiger partial charge >= 0.3 is 6.03 Å². The SMILES string of the molecule is CC1=C(c2nc(-c3ccccc3)no2)C(c2ccc(C)c(C)c2)NC(=O)N1Cc1ccccc1. The van der Waals surface area contributed by atoms with Crippen LogP contribution < -0.4 is 5.32 Å². The first kappa shape index (κ1) is 21.6. The van der Waals surface area contributed by atoms with Gasteiger partial charge in [0.2, 0.25) is 5.82 Å². The third kappa shape index (κ3) is 4.10. The van der Waals surface area contributed by atoms with Gasteiger partial charge in [0.05, 0.1) is 18.2 Å². The number of aromatic nitrogens is 2. The summed E-state index contributed by atoms with van der Waals surface area (Å²) >= 11 is 0. The minimum atomic E-state index is -0.400. The van der Waals surface area contributed by atoms with Crippen molar-refractivity contribution >= 4 is 11.6 Å². The lowest BCUT2D eigenvalue weighted by Crippen LogP contribution is -2.45. The van der Waals surface area contributed by atoms with Crippen molar-refractivity contribution in [1.82, 2.24) is 20.4 Å². The van der Waals surface area contributed by atoms with Crippen molar-refractivity contribution in [1.29, 1.82) is 0 Å². The van der Waals surface area contributed by atoms with Gasteiger partial charge in [-0.15, -0.1) is 0 Å². The molecule has 4 aromatic rings. The number of rotatable bonds is 5. The molecule has 2 amide bonds. The van der Waals surface area contributed by atoms with Crippen LogP contribution >= 0.6 is 0 Å². The second kappa shape index (κ2) is 8.98. The number of allylic oxidation sites excluding steroid dienone is 1. The van der Waals surface area contributed by atoms with Gasteiger partial charge in [-0.1, -0.05) is 84.0 Å². The minimum absolute atomic E-state index is 0.156. The summed E-state index contributed by atoms with van der Waals surface area (Å²) in [7, 11) is 0. The fourth-order valence-electron chi connectivity index (χ4n) is 4.25. The normalized spacial score (nSPS) is 16.0. The fourth-order valence-corrected chi connectivity index (χ4v) is 4.25. The van der Waals surface area contributed by atoms with Gasteiger partial charge in [-0.05, 0) is 43.0 Å². The van der Waals surface area contributed by atoms with E-state index in [0.717, 1.165) is 33.5 Å². The van der Waals surface area contributed by atoms with Crippen molar-refractivity contribution < 1.29 is 9.32 Å². The van der Waals surface area contributed by atoms with Gasteiger partial charge in [0.15, 0.2) is 0 Å². The second-order valence-corrected chi connectivity index (χ2v) is 8.59. The van der Waals surface area contributed by atoms with Gasteiger partial charge in [-0.25, -0.2) is 4.79 Å². The number of carbonyl (C=O) groups is 1. The molecule has 1 unspecified atom stereocenters. The predicted molar refractivity (Wildman–Crippen MR) is 132 cm³/mol. The molecule has 1 aromatic heterocycles. The number of nitrogens with zero attached hydrogens (tertiary/aromatic N) is 3. The smallest absolute Gasteiger partial charge is 0.322 e. The molecule has 0 spiro atoms. The largest absolute Gasteiger partial charge is 0.334 e. The number of benzene rings is 3. The highest BCUT2D eigenvalue weighted by Crippen LogP contribution is 2.38. The molecular formula is C28H26N4O2. The Morgan fingerprint density at radius 1 is 0.912 bits per heavy atom. The summed E-state index contributed by atoms with van der Waals surface area (Å²) in [5, 5.41) is 7.41. The Hall–Kier alpha value is -4.19. The topological polar surface area (TPSA) is 71.3 Å². The fraction of sp³-hybridized carbons (Fsp3) is 0.179. The maximum Gasteiger partial charge on any atom is 0.322 e. The zero-order valence-corrected chi connectivity index (χ0v) is 19.4. The lowest BCUT2D eigenvalue weighted by Gasteiger charge is -2.35. The van der Waals surface area contributed by atoms with Crippen molar-refractivity contribution in [2.75, 3.05) is 0 Å². The van der Waals surface area contributed by atoms with Gasteiger partial charge in [-0.2, -0.15) is 4.98 Å². The molecule has 1 aliphatic heterocycles. The maximum atomic E-state index is 13.3. The van der Waals surface area contributed by atoms with Crippen LogP contribution in [0.2, 0.25) is 0 Å². The molecule has 1 N–H and O–H groups in total. The number of aryl methyl sites for hydroxylation is 2. The van der Waals surface area contributed by atoms with Gasteiger partial charge < -0.3 is 9.84 Å². The summed E-state index contributed by atoms with van der Waals surface area (Å²) in [6.07, 6.45) is 0. The van der Waals surface area contributed by atoms with Gasteiger partial charge in [0.25, 0.3) is 5.89 Å². The molecule has 1 aliphatic rings. The first-order chi connectivity index (χ1) is 16.5. The van der Waals surface area contributed by atoms with E-state index < -0.39 is 6.04 Å². The van der Waals surface area contributed by atoms with Crippen molar-refractivity contribution in [3.63, 3.8) is 0 Å². The predicted octanol–water partition coefficient (Wildman–Crippen LogP) is 6.05. The van der Waals surface area contributed by atoms with Crippen LogP contribution in [0.1, 0.15) is 41.1 Å². The first-order valence-electron chi connectivity index (χ1n) is 11.3. The summed E-state index contributed by atoms with van der Waals surface area (Å²) in [5.41, 5.74) is 6.84. The highest BCUT2D eigenvalue weighted by atomic mass is 16.5. The molecule has 0 bridgehead atoms. The van der Waals surface area contributed by atoms with E-state index in [0.29, 0.717) is 18.3 Å². The average Bonchev–Trinajstić information content (AvgIpc) is 3.34. The average molecular weight is 451 g/mol. The van der Waals surface area contributed by atoms with Crippen LogP contribution in [0.25, 0.3) is 17.0 Å². The van der Waals surface area contributed by atoms with Gasteiger partial charge in [-0.3, -0.25) is 4.90 Å². The molecule has 34 heavy (non-hydrogen) atoms. The van der Waals surface area contributed by atoms with Crippen LogP contribution in [0, 0.1) is 13.8 Å². The lowest BCUT2D eigenvalue weighted by molar-refractivity contribution is 0.203. The van der Waals surface area contributed by atoms with E-state index in [-0.39, 0.29) is 6.03 Å². The summed E-state index contributed by atoms with van der Waals surface area (Å²) < 4.78 is 5.77. The minimum Gasteiger partial charge on any atom is -0.334 e. The van der Waals surface area contributed by atoms with Crippen molar-refractivity contribution in [2.24, 2.45) is 0 Å². The molecule has 0 fully saturated rings. The number of amides is 2. The van der Waals surface area contributed by atoms with Crippen LogP contribution in [0.3, 0.4) is 0 Å². The molecule has 6 nitrogen and oxygen atoms in total. The van der Waals surface area contributed by atoms with Crippen molar-refractivity contribution in [3.8, 4) is 11.4 Å². The van der Waals surface area contributed by atoms with Crippen molar-refractivity contribution in [3.05, 3.63) is 113 Å². The molecule has 0 radical (unpaired) electrons. The van der Waals surface area contributed by atoms with Crippen LogP contribution in [-0.4, -0.2) is 21.1 Å². The Labute approximate surface area is 198 Å². The zero-order chi connectivity index (χ0) is 23.7. The molecule has 170 valence electrons. The molecule has 0 saturated heterocycles. The third-order valence-corrected chi connectivity index (χ3v) is 6.33. The van der Waals surface area contributed by atoms with E-state index in [4.69, 9.17) is 9.51 Å². The van der Waals surface area contributed by atoms with E-state index in [2.05, 4.69) is 36.5 Å². The van der Waals surface area contributed by atoms with Crippen LogP contribution in [-0.2, 0) is 6.54 Å². The molecule has 0 aliphatic carbocycles. The molecular weight excluding hydrogens is 424 g/mol. The van der Waals surface area contributed by atoms with Gasteiger partial charge in [0, 0.05) is 11.3 Å². The third-order valence-electron chi connectivity index (χ3n) is 6.33. The highest BCUT2D eigenvalue weighted by molar-refractivity contribution is 5.87. The molecule has 5 rings (SSSR count). The summed E-state index contributed by atoms with van der Waals surface area (Å²) in [5.74, 6) is 0.916. The van der Waals surface area contributed by atoms with E-state index in [1.165, 1.54) is 5.56 Å². The number of carbonyl (C=O) groups excluding carboxylic acids is 1. The quantitative estimate of drug-likeness (QED) is 0.402. The Morgan fingerprint density at radius 3 is 2.32 bits per heavy atom. The van der Waals surface area contributed by atoms with E-state index in [9.17, 15) is 4.79 Å². The summed E-state index contributed by atoms with van der Waals surface area (Å²) in [6, 6.07) is 25.3. The molecule has 2 heterocycles. The van der Waals surface area contributed by atoms with Crippen LogP contribution in [0.4, 0.5) is 4.79 Å². The summed E-state index contributed by atoms with van der Waals surface area (Å²) in [4.78, 5) is 19.7. The van der Waals surface area contributed by atoms with Crippen molar-refractivity contribution in [2.45, 2.75) is 33.4 Å². The summed E-state index contributed by atoms with van der Waals surface area (Å²) in [6.45, 7) is 6.53. The van der Waals surface area contributed by atoms with Gasteiger partial charge in [0.1, 0.15) is 0 Å². The first-order valence-corrected chi connectivity index (χ1v) is 11.3. The monoisotopic (exact) mass is 450 g/mol. The number of urea groups is 1. The molecule has 1 atom stereocenters. The second-order valence-electron chi connectivity index (χ2n) is 8.59. The number of nitrogens with one attached hydrogen (secondary N) is 1. The Morgan fingerprint density at radius 2 is 1.62 bits per heavy atom. The zero-order valence-electron chi connectivity index (χ0n) is 19.4. The molecule has 6 heteroatoms. The Kier molecular flexibility index (Phi) is 5.72. The Bertz CT molecular complexity index is 1360. The van der Waals surface area contributed by atoms with E-state index in [1.807, 2.05) is 73.7 Å². The number of hydrogen-bond donors (Lipinski definition) is 1. The molecule has 0 saturated carbocycles. The highest BCUT2D eigenvalue weighted by Gasteiger charge is 2.35. The van der Waals surface area contributed by atoms with Crippen LogP contribution in [0.15, 0.2) is 89.1 Å². The lowest BCUT2D eigenvalue weighted by atomic mass is 9.92. The molecule has 3 aromatic carbocycles. The van der Waals surface area contributed by atoms with E-state index >= 15 is 0 Å².